The van der Waals surface area contributed by atoms with Crippen molar-refractivity contribution in [2.75, 3.05) is 36.4 Å². The summed E-state index contributed by atoms with van der Waals surface area (Å²) in [5.41, 5.74) is 0.0748. The van der Waals surface area contributed by atoms with Crippen LogP contribution in [-0.4, -0.2) is 47.1 Å². The molecule has 3 heterocycles. The molecule has 6 nitrogen and oxygen atoms in total. The number of nitrogens with zero attached hydrogens (tertiary/aromatic N) is 4. The van der Waals surface area contributed by atoms with Crippen molar-refractivity contribution in [1.82, 2.24) is 14.9 Å². The van der Waals surface area contributed by atoms with Crippen LogP contribution in [0.25, 0.3) is 0 Å². The van der Waals surface area contributed by atoms with Crippen molar-refractivity contribution in [2.45, 2.75) is 13.1 Å². The van der Waals surface area contributed by atoms with Gasteiger partial charge in [0.05, 0.1) is 0 Å². The monoisotopic (exact) mass is 365 g/mol. The lowest BCUT2D eigenvalue weighted by molar-refractivity contribution is -0.141. The predicted molar refractivity (Wildman–Crippen MR) is 91.0 cm³/mol. The molecule has 1 saturated heterocycles. The molecule has 0 aliphatic carbocycles. The van der Waals surface area contributed by atoms with E-state index >= 15 is 0 Å². The number of aryl methyl sites for hydroxylation is 1. The predicted octanol–water partition coefficient (Wildman–Crippen LogP) is 3.16. The molecule has 0 atom stereocenters. The van der Waals surface area contributed by atoms with Crippen LogP contribution in [0, 0.1) is 6.92 Å². The van der Waals surface area contributed by atoms with Crippen molar-refractivity contribution >= 4 is 17.7 Å². The van der Waals surface area contributed by atoms with Crippen LogP contribution in [0.15, 0.2) is 36.5 Å². The fraction of sp³-hybridized carbons (Fsp3) is 0.353. The number of hydrogen-bond acceptors (Lipinski definition) is 4. The topological polar surface area (TPSA) is 61.4 Å². The van der Waals surface area contributed by atoms with Gasteiger partial charge in [-0.3, -0.25) is 5.32 Å². The van der Waals surface area contributed by atoms with Crippen molar-refractivity contribution < 1.29 is 18.0 Å². The molecule has 1 N–H and O–H groups in total. The molecule has 26 heavy (non-hydrogen) atoms. The van der Waals surface area contributed by atoms with Crippen LogP contribution >= 0.6 is 0 Å². The summed E-state index contributed by atoms with van der Waals surface area (Å²) in [4.78, 5) is 23.4. The summed E-state index contributed by atoms with van der Waals surface area (Å²) >= 11 is 0. The Balaban J connectivity index is 1.59. The van der Waals surface area contributed by atoms with E-state index in [0.29, 0.717) is 32.0 Å². The molecule has 1 aliphatic heterocycles. The van der Waals surface area contributed by atoms with Crippen LogP contribution < -0.4 is 10.2 Å². The summed E-state index contributed by atoms with van der Waals surface area (Å²) in [7, 11) is 0. The van der Waals surface area contributed by atoms with Gasteiger partial charge in [0.25, 0.3) is 0 Å². The standard InChI is InChI=1S/C17H18F3N5O/c1-12-5-6-14(21-11-12)23-16(26)25-9-7-24(8-10-25)15-4-2-3-13(22-15)17(18,19)20/h2-6,11H,7-10H2,1H3,(H,21,23,26). The van der Waals surface area contributed by atoms with Crippen LogP contribution in [0.4, 0.5) is 29.6 Å². The van der Waals surface area contributed by atoms with Gasteiger partial charge in [-0.15, -0.1) is 0 Å². The van der Waals surface area contributed by atoms with E-state index in [0.717, 1.165) is 11.6 Å². The molecule has 1 fully saturated rings. The molecule has 0 aromatic carbocycles. The summed E-state index contributed by atoms with van der Waals surface area (Å²) < 4.78 is 38.4. The van der Waals surface area contributed by atoms with Gasteiger partial charge >= 0.3 is 12.2 Å². The molecule has 0 spiro atoms. The molecule has 9 heteroatoms. The minimum atomic E-state index is -4.47. The highest BCUT2D eigenvalue weighted by Gasteiger charge is 2.33. The van der Waals surface area contributed by atoms with Crippen molar-refractivity contribution in [2.24, 2.45) is 0 Å². The highest BCUT2D eigenvalue weighted by atomic mass is 19.4. The molecule has 0 bridgehead atoms. The van der Waals surface area contributed by atoms with Crippen LogP contribution in [0.1, 0.15) is 11.3 Å². The number of halogens is 3. The third-order valence-electron chi connectivity index (χ3n) is 4.06. The first-order valence-electron chi connectivity index (χ1n) is 8.11. The molecule has 2 aromatic heterocycles. The number of urea groups is 1. The van der Waals surface area contributed by atoms with E-state index in [1.165, 1.54) is 6.07 Å². The maximum absolute atomic E-state index is 12.8. The zero-order chi connectivity index (χ0) is 18.7. The van der Waals surface area contributed by atoms with E-state index in [1.54, 1.807) is 28.1 Å². The van der Waals surface area contributed by atoms with Crippen molar-refractivity contribution in [1.29, 1.82) is 0 Å². The summed E-state index contributed by atoms with van der Waals surface area (Å²) in [6.07, 6.45) is -2.81. The maximum Gasteiger partial charge on any atom is 0.433 e. The van der Waals surface area contributed by atoms with Gasteiger partial charge in [0.2, 0.25) is 0 Å². The fourth-order valence-electron chi connectivity index (χ4n) is 2.63. The number of carbonyl (C=O) groups excluding carboxylic acids is 1. The minimum absolute atomic E-state index is 0.264. The number of hydrogen-bond donors (Lipinski definition) is 1. The lowest BCUT2D eigenvalue weighted by Gasteiger charge is -2.35. The smallest absolute Gasteiger partial charge is 0.353 e. The zero-order valence-corrected chi connectivity index (χ0v) is 14.1. The Kier molecular flexibility index (Phi) is 4.97. The average molecular weight is 365 g/mol. The van der Waals surface area contributed by atoms with Crippen molar-refractivity contribution in [3.63, 3.8) is 0 Å². The SMILES string of the molecule is Cc1ccc(NC(=O)N2CCN(c3cccc(C(F)(F)F)n3)CC2)nc1. The molecule has 138 valence electrons. The van der Waals surface area contributed by atoms with E-state index in [-0.39, 0.29) is 11.8 Å². The van der Waals surface area contributed by atoms with Gasteiger partial charge in [0, 0.05) is 32.4 Å². The first kappa shape index (κ1) is 18.0. The first-order chi connectivity index (χ1) is 12.3. The van der Waals surface area contributed by atoms with Crippen LogP contribution in [0.3, 0.4) is 0 Å². The second kappa shape index (κ2) is 7.19. The van der Waals surface area contributed by atoms with Gasteiger partial charge in [-0.25, -0.2) is 14.8 Å². The minimum Gasteiger partial charge on any atom is -0.353 e. The van der Waals surface area contributed by atoms with Crippen molar-refractivity contribution in [3.05, 3.63) is 47.8 Å². The Bertz CT molecular complexity index is 771. The molecular formula is C17H18F3N5O. The van der Waals surface area contributed by atoms with E-state index in [4.69, 9.17) is 0 Å². The Morgan fingerprint density at radius 3 is 2.46 bits per heavy atom. The third-order valence-corrected chi connectivity index (χ3v) is 4.06. The molecular weight excluding hydrogens is 347 g/mol. The van der Waals surface area contributed by atoms with E-state index < -0.39 is 11.9 Å². The Hall–Kier alpha value is -2.84. The van der Waals surface area contributed by atoms with Gasteiger partial charge < -0.3 is 9.80 Å². The van der Waals surface area contributed by atoms with Gasteiger partial charge in [-0.2, -0.15) is 13.2 Å². The number of amides is 2. The second-order valence-corrected chi connectivity index (χ2v) is 6.00. The molecule has 0 saturated carbocycles. The summed E-state index contributed by atoms with van der Waals surface area (Å²) in [5, 5.41) is 2.72. The summed E-state index contributed by atoms with van der Waals surface area (Å²) in [6, 6.07) is 7.12. The number of piperazine rings is 1. The molecule has 0 unspecified atom stereocenters. The molecule has 2 amide bonds. The number of pyridine rings is 2. The molecule has 3 rings (SSSR count). The zero-order valence-electron chi connectivity index (χ0n) is 14.1. The number of nitrogens with one attached hydrogen (secondary N) is 1. The molecule has 0 radical (unpaired) electrons. The number of rotatable bonds is 2. The van der Waals surface area contributed by atoms with Gasteiger partial charge in [0.15, 0.2) is 0 Å². The molecule has 1 aliphatic rings. The van der Waals surface area contributed by atoms with Gasteiger partial charge in [-0.05, 0) is 30.7 Å². The van der Waals surface area contributed by atoms with Crippen LogP contribution in [0.5, 0.6) is 0 Å². The first-order valence-corrected chi connectivity index (χ1v) is 8.11. The highest BCUT2D eigenvalue weighted by molar-refractivity contribution is 5.88. The summed E-state index contributed by atoms with van der Waals surface area (Å²) in [6.45, 7) is 3.48. The summed E-state index contributed by atoms with van der Waals surface area (Å²) in [5.74, 6) is 0.725. The van der Waals surface area contributed by atoms with E-state index in [9.17, 15) is 18.0 Å². The fourth-order valence-corrected chi connectivity index (χ4v) is 2.63. The molecule has 2 aromatic rings. The van der Waals surface area contributed by atoms with E-state index in [1.807, 2.05) is 13.0 Å². The number of anilines is 2. The Morgan fingerprint density at radius 1 is 1.12 bits per heavy atom. The Labute approximate surface area is 148 Å². The van der Waals surface area contributed by atoms with E-state index in [2.05, 4.69) is 15.3 Å². The highest BCUT2D eigenvalue weighted by Crippen LogP contribution is 2.29. The van der Waals surface area contributed by atoms with Crippen molar-refractivity contribution in [3.8, 4) is 0 Å². The maximum atomic E-state index is 12.8. The quantitative estimate of drug-likeness (QED) is 0.888. The second-order valence-electron chi connectivity index (χ2n) is 6.00. The number of aromatic nitrogens is 2. The largest absolute Gasteiger partial charge is 0.433 e. The normalized spacial score (nSPS) is 15.1. The average Bonchev–Trinajstić information content (AvgIpc) is 2.63. The third kappa shape index (κ3) is 4.22. The van der Waals surface area contributed by atoms with Crippen LogP contribution in [0.2, 0.25) is 0 Å². The Morgan fingerprint density at radius 2 is 1.85 bits per heavy atom. The van der Waals surface area contributed by atoms with Crippen LogP contribution in [-0.2, 0) is 6.18 Å². The van der Waals surface area contributed by atoms with Gasteiger partial charge in [0.1, 0.15) is 17.3 Å². The lowest BCUT2D eigenvalue weighted by atomic mass is 10.3. The number of alkyl halides is 3. The lowest BCUT2D eigenvalue weighted by Crippen LogP contribution is -2.50. The van der Waals surface area contributed by atoms with Gasteiger partial charge in [-0.1, -0.05) is 12.1 Å². The number of carbonyl (C=O) groups is 1.